The summed E-state index contributed by atoms with van der Waals surface area (Å²) in [6.07, 6.45) is -0.304. The third-order valence-electron chi connectivity index (χ3n) is 5.93. The van der Waals surface area contributed by atoms with Crippen LogP contribution >= 0.6 is 22.7 Å². The maximum Gasteiger partial charge on any atom is 0.306 e. The van der Waals surface area contributed by atoms with Gasteiger partial charge in [0.25, 0.3) is 0 Å². The highest BCUT2D eigenvalue weighted by atomic mass is 32.1. The number of carbonyl (C=O) groups is 4. The average Bonchev–Trinajstić information content (AvgIpc) is 3.52. The molecule has 0 aliphatic heterocycles. The molecule has 2 heterocycles. The molecule has 0 spiro atoms. The van der Waals surface area contributed by atoms with E-state index in [1.165, 1.54) is 36.7 Å². The van der Waals surface area contributed by atoms with E-state index in [-0.39, 0.29) is 44.0 Å². The number of carbonyl (C=O) groups excluding carboxylic acids is 2. The molecular formula is C28H26O9S2. The molecule has 4 rings (SSSR count). The second-order valence-corrected chi connectivity index (χ2v) is 11.0. The van der Waals surface area contributed by atoms with Crippen LogP contribution in [0.3, 0.4) is 0 Å². The molecule has 1 atom stereocenters. The number of ketones is 2. The Morgan fingerprint density at radius 1 is 0.795 bits per heavy atom. The predicted octanol–water partition coefficient (Wildman–Crippen LogP) is 5.92. The van der Waals surface area contributed by atoms with Gasteiger partial charge in [-0.2, -0.15) is 0 Å². The molecule has 0 aliphatic carbocycles. The summed E-state index contributed by atoms with van der Waals surface area (Å²) in [5, 5.41) is 19.5. The van der Waals surface area contributed by atoms with Crippen molar-refractivity contribution in [2.75, 3.05) is 20.3 Å². The first-order valence-corrected chi connectivity index (χ1v) is 13.7. The lowest BCUT2D eigenvalue weighted by molar-refractivity contribution is -0.141. The first-order valence-electron chi connectivity index (χ1n) is 12.1. The van der Waals surface area contributed by atoms with Crippen molar-refractivity contribution in [2.45, 2.75) is 26.2 Å². The second-order valence-electron chi connectivity index (χ2n) is 8.84. The SMILES string of the molecule is COc1cc2sc(C(=O)CC(C)C(=O)O)cc2cc1OCCOc1ccc2sc(C(=O)CCC(=O)O)cc2c1. The van der Waals surface area contributed by atoms with E-state index in [4.69, 9.17) is 24.4 Å². The van der Waals surface area contributed by atoms with Crippen LogP contribution in [0.4, 0.5) is 0 Å². The number of benzene rings is 2. The van der Waals surface area contributed by atoms with Crippen molar-refractivity contribution < 1.29 is 43.6 Å². The number of aliphatic carboxylic acids is 2. The summed E-state index contributed by atoms with van der Waals surface area (Å²) in [4.78, 5) is 47.6. The van der Waals surface area contributed by atoms with E-state index in [1.54, 1.807) is 30.3 Å². The molecular weight excluding hydrogens is 544 g/mol. The highest BCUT2D eigenvalue weighted by molar-refractivity contribution is 7.21. The molecule has 204 valence electrons. The maximum absolute atomic E-state index is 12.5. The number of carboxylic acids is 2. The Kier molecular flexibility index (Phi) is 8.82. The van der Waals surface area contributed by atoms with Gasteiger partial charge in [-0.15, -0.1) is 22.7 Å². The van der Waals surface area contributed by atoms with Gasteiger partial charge in [0.15, 0.2) is 23.1 Å². The first kappa shape index (κ1) is 28.1. The Morgan fingerprint density at radius 3 is 2.15 bits per heavy atom. The molecule has 0 aliphatic rings. The number of hydrogen-bond donors (Lipinski definition) is 2. The van der Waals surface area contributed by atoms with Crippen LogP contribution in [0.2, 0.25) is 0 Å². The van der Waals surface area contributed by atoms with Gasteiger partial charge in [-0.1, -0.05) is 6.92 Å². The zero-order valence-electron chi connectivity index (χ0n) is 21.2. The van der Waals surface area contributed by atoms with E-state index >= 15 is 0 Å². The second kappa shape index (κ2) is 12.3. The molecule has 1 unspecified atom stereocenters. The van der Waals surface area contributed by atoms with Gasteiger partial charge in [-0.05, 0) is 47.2 Å². The molecule has 0 saturated heterocycles. The van der Waals surface area contributed by atoms with Crippen molar-refractivity contribution in [1.82, 2.24) is 0 Å². The highest BCUT2D eigenvalue weighted by Gasteiger charge is 2.20. The molecule has 0 bridgehead atoms. The number of Topliss-reactive ketones (excluding diaryl/α,β-unsaturated/α-hetero) is 2. The Bertz CT molecular complexity index is 1550. The van der Waals surface area contributed by atoms with Crippen molar-refractivity contribution in [3.63, 3.8) is 0 Å². The maximum atomic E-state index is 12.5. The summed E-state index contributed by atoms with van der Waals surface area (Å²) < 4.78 is 18.9. The molecule has 0 saturated carbocycles. The predicted molar refractivity (Wildman–Crippen MR) is 148 cm³/mol. The zero-order valence-corrected chi connectivity index (χ0v) is 22.9. The van der Waals surface area contributed by atoms with Gasteiger partial charge in [0, 0.05) is 28.3 Å². The summed E-state index contributed by atoms with van der Waals surface area (Å²) in [5.74, 6) is -1.59. The quantitative estimate of drug-likeness (QED) is 0.140. The lowest BCUT2D eigenvalue weighted by atomic mass is 10.0. The van der Waals surface area contributed by atoms with Gasteiger partial charge in [0.2, 0.25) is 0 Å². The number of ether oxygens (including phenoxy) is 3. The normalized spacial score (nSPS) is 11.8. The average molecular weight is 571 g/mol. The Labute approximate surface area is 231 Å². The third kappa shape index (κ3) is 6.92. The summed E-state index contributed by atoms with van der Waals surface area (Å²) in [6, 6.07) is 12.5. The minimum absolute atomic E-state index is 0.0367. The van der Waals surface area contributed by atoms with Gasteiger partial charge in [-0.3, -0.25) is 19.2 Å². The largest absolute Gasteiger partial charge is 0.493 e. The van der Waals surface area contributed by atoms with Crippen LogP contribution in [0.5, 0.6) is 17.2 Å². The van der Waals surface area contributed by atoms with Crippen LogP contribution in [0.25, 0.3) is 20.2 Å². The number of methoxy groups -OCH3 is 1. The standard InChI is InChI=1S/C28H26O9S2/c1-15(28(33)34)9-20(30)26-13-17-11-22(21(35-2)14-24(17)39-26)37-8-7-36-18-3-5-23-16(10-18)12-25(38-23)19(29)4-6-27(31)32/h3,5,10-15H,4,6-9H2,1-2H3,(H,31,32)(H,33,34). The van der Waals surface area contributed by atoms with Gasteiger partial charge in [0.1, 0.15) is 19.0 Å². The van der Waals surface area contributed by atoms with E-state index in [0.29, 0.717) is 27.0 Å². The van der Waals surface area contributed by atoms with Gasteiger partial charge in [-0.25, -0.2) is 0 Å². The summed E-state index contributed by atoms with van der Waals surface area (Å²) in [5.41, 5.74) is 0. The summed E-state index contributed by atoms with van der Waals surface area (Å²) in [7, 11) is 1.52. The molecule has 4 aromatic rings. The van der Waals surface area contributed by atoms with E-state index in [2.05, 4.69) is 0 Å². The number of carboxylic acid groups (broad SMARTS) is 2. The molecule has 2 N–H and O–H groups in total. The van der Waals surface area contributed by atoms with Crippen molar-refractivity contribution in [1.29, 1.82) is 0 Å². The fraction of sp³-hybridized carbons (Fsp3) is 0.286. The zero-order chi connectivity index (χ0) is 28.1. The van der Waals surface area contributed by atoms with Crippen molar-refractivity contribution in [3.05, 3.63) is 52.2 Å². The Morgan fingerprint density at radius 2 is 1.46 bits per heavy atom. The minimum atomic E-state index is -1.01. The number of hydrogen-bond acceptors (Lipinski definition) is 9. The smallest absolute Gasteiger partial charge is 0.306 e. The number of fused-ring (bicyclic) bond motifs is 2. The van der Waals surface area contributed by atoms with Crippen LogP contribution in [0, 0.1) is 5.92 Å². The molecule has 2 aromatic heterocycles. The van der Waals surface area contributed by atoms with Crippen LogP contribution in [0.15, 0.2) is 42.5 Å². The van der Waals surface area contributed by atoms with Crippen molar-refractivity contribution in [3.8, 4) is 17.2 Å². The van der Waals surface area contributed by atoms with Crippen LogP contribution < -0.4 is 14.2 Å². The fourth-order valence-electron chi connectivity index (χ4n) is 3.83. The van der Waals surface area contributed by atoms with Crippen LogP contribution in [-0.4, -0.2) is 54.0 Å². The number of rotatable bonds is 14. The monoisotopic (exact) mass is 570 g/mol. The van der Waals surface area contributed by atoms with E-state index in [0.717, 1.165) is 20.2 Å². The Hall–Kier alpha value is -3.96. The Balaban J connectivity index is 1.37. The summed E-state index contributed by atoms with van der Waals surface area (Å²) in [6.45, 7) is 1.96. The topological polar surface area (TPSA) is 136 Å². The summed E-state index contributed by atoms with van der Waals surface area (Å²) >= 11 is 2.60. The fourth-order valence-corrected chi connectivity index (χ4v) is 5.86. The lowest BCUT2D eigenvalue weighted by Crippen LogP contribution is -2.13. The van der Waals surface area contributed by atoms with Gasteiger partial charge >= 0.3 is 11.9 Å². The molecule has 39 heavy (non-hydrogen) atoms. The molecule has 0 radical (unpaired) electrons. The molecule has 11 heteroatoms. The van der Waals surface area contributed by atoms with Crippen LogP contribution in [0.1, 0.15) is 45.5 Å². The van der Waals surface area contributed by atoms with Crippen molar-refractivity contribution >= 4 is 66.4 Å². The van der Waals surface area contributed by atoms with Crippen LogP contribution in [-0.2, 0) is 9.59 Å². The molecule has 9 nitrogen and oxygen atoms in total. The molecule has 0 amide bonds. The van der Waals surface area contributed by atoms with E-state index < -0.39 is 17.9 Å². The molecule has 0 fully saturated rings. The third-order valence-corrected chi connectivity index (χ3v) is 8.22. The lowest BCUT2D eigenvalue weighted by Gasteiger charge is -2.12. The van der Waals surface area contributed by atoms with E-state index in [9.17, 15) is 19.2 Å². The van der Waals surface area contributed by atoms with Crippen molar-refractivity contribution in [2.24, 2.45) is 5.92 Å². The number of thiophene rings is 2. The highest BCUT2D eigenvalue weighted by Crippen LogP contribution is 2.37. The van der Waals surface area contributed by atoms with E-state index in [1.807, 2.05) is 12.1 Å². The van der Waals surface area contributed by atoms with Gasteiger partial charge < -0.3 is 24.4 Å². The molecule has 2 aromatic carbocycles. The van der Waals surface area contributed by atoms with Gasteiger partial charge in [0.05, 0.1) is 29.2 Å². The first-order chi connectivity index (χ1) is 18.6. The minimum Gasteiger partial charge on any atom is -0.493 e.